The van der Waals surface area contributed by atoms with E-state index in [2.05, 4.69) is 5.32 Å². The second kappa shape index (κ2) is 9.65. The molecule has 2 aliphatic rings. The van der Waals surface area contributed by atoms with Gasteiger partial charge in [0.05, 0.1) is 13.5 Å². The van der Waals surface area contributed by atoms with Crippen LogP contribution in [0, 0.1) is 5.41 Å². The lowest BCUT2D eigenvalue weighted by Crippen LogP contribution is -2.75. The number of nitrogens with one attached hydrogen (secondary N) is 1. The number of ether oxygens (including phenoxy) is 1. The van der Waals surface area contributed by atoms with E-state index in [0.717, 1.165) is 11.1 Å². The maximum atomic E-state index is 12.8. The van der Waals surface area contributed by atoms with Crippen LogP contribution in [0.3, 0.4) is 0 Å². The minimum absolute atomic E-state index is 0.0220. The van der Waals surface area contributed by atoms with E-state index in [1.54, 1.807) is 7.11 Å². The van der Waals surface area contributed by atoms with Crippen molar-refractivity contribution in [3.05, 3.63) is 65.7 Å². The van der Waals surface area contributed by atoms with Crippen LogP contribution in [-0.2, 0) is 27.2 Å². The van der Waals surface area contributed by atoms with Crippen LogP contribution in [0.2, 0.25) is 0 Å². The topological polar surface area (TPSA) is 95.9 Å². The van der Waals surface area contributed by atoms with Crippen molar-refractivity contribution in [1.29, 1.82) is 0 Å². The summed E-state index contributed by atoms with van der Waals surface area (Å²) in [6.45, 7) is 0.0220. The quantitative estimate of drug-likeness (QED) is 0.438. The van der Waals surface area contributed by atoms with Crippen molar-refractivity contribution in [3.63, 3.8) is 0 Å². The zero-order valence-corrected chi connectivity index (χ0v) is 19.6. The fraction of sp³-hybridized carbons (Fsp3) is 0.375. The molecule has 0 radical (unpaired) electrons. The molecule has 2 aromatic rings. The molecule has 7 nitrogen and oxygen atoms in total. The number of carboxylic acid groups (broad SMARTS) is 1. The Morgan fingerprint density at radius 1 is 1.18 bits per heavy atom. The summed E-state index contributed by atoms with van der Waals surface area (Å²) in [4.78, 5) is 39.2. The van der Waals surface area contributed by atoms with Crippen LogP contribution in [-0.4, -0.2) is 64.0 Å². The van der Waals surface area contributed by atoms with E-state index in [1.807, 2.05) is 54.6 Å². The first-order valence-corrected chi connectivity index (χ1v) is 12.1. The third-order valence-corrected chi connectivity index (χ3v) is 8.51. The largest absolute Gasteiger partial charge is 0.497 e. The van der Waals surface area contributed by atoms with Crippen molar-refractivity contribution in [2.45, 2.75) is 29.5 Å². The Bertz CT molecular complexity index is 1030. The molecule has 2 aromatic carbocycles. The van der Waals surface area contributed by atoms with Crippen molar-refractivity contribution >= 4 is 41.1 Å². The van der Waals surface area contributed by atoms with Gasteiger partial charge in [-0.25, -0.2) is 0 Å². The molecule has 0 aliphatic carbocycles. The van der Waals surface area contributed by atoms with E-state index < -0.39 is 17.4 Å². The van der Waals surface area contributed by atoms with Gasteiger partial charge in [0.25, 0.3) is 0 Å². The molecule has 4 atom stereocenters. The molecule has 2 fully saturated rings. The summed E-state index contributed by atoms with van der Waals surface area (Å²) < 4.78 is 5.20. The number of hydrogen-bond donors (Lipinski definition) is 2. The van der Waals surface area contributed by atoms with Crippen molar-refractivity contribution in [2.24, 2.45) is 5.41 Å². The first-order valence-electron chi connectivity index (χ1n) is 10.6. The number of fused-ring (bicyclic) bond motifs is 1. The van der Waals surface area contributed by atoms with E-state index in [-0.39, 0.29) is 41.3 Å². The second-order valence-electron chi connectivity index (χ2n) is 8.34. The second-order valence-corrected chi connectivity index (χ2v) is 9.93. The fourth-order valence-electron chi connectivity index (χ4n) is 4.30. The Morgan fingerprint density at radius 2 is 1.88 bits per heavy atom. The number of aliphatic carboxylic acids is 1. The van der Waals surface area contributed by atoms with Gasteiger partial charge in [0.15, 0.2) is 0 Å². The average molecular weight is 489 g/mol. The van der Waals surface area contributed by atoms with Crippen LogP contribution in [0.25, 0.3) is 0 Å². The first kappa shape index (κ1) is 23.4. The number of β-lactam (4-membered cyclic amide) rings is 1. The van der Waals surface area contributed by atoms with Crippen LogP contribution in [0.1, 0.15) is 11.1 Å². The summed E-state index contributed by atoms with van der Waals surface area (Å²) in [6, 6.07) is 16.1. The Kier molecular flexibility index (Phi) is 6.86. The number of benzene rings is 2. The Balaban J connectivity index is 1.50. The molecular formula is C24H25ClN2O5S. The first-order chi connectivity index (χ1) is 15.9. The molecule has 9 heteroatoms. The molecule has 4 rings (SSSR count). The standard InChI is InChI=1S/C24H25ClN2O5S/c1-32-17-9-7-16(8-10-17)11-18-24(13-25,23(30)31)14-27-21(29)20(22(27)33-18)26-19(28)12-15-5-3-2-4-6-15/h2-10,18,20,22H,11-14H2,1H3,(H,26,28)(H,30,31)/t18?,20?,22-,24?/m1/s1. The highest BCUT2D eigenvalue weighted by Crippen LogP contribution is 2.49. The third-order valence-electron chi connectivity index (χ3n) is 6.28. The van der Waals surface area contributed by atoms with Crippen molar-refractivity contribution in [3.8, 4) is 5.75 Å². The minimum Gasteiger partial charge on any atom is -0.497 e. The fourth-order valence-corrected chi connectivity index (χ4v) is 6.58. The summed E-state index contributed by atoms with van der Waals surface area (Å²) in [5, 5.41) is 12.2. The highest BCUT2D eigenvalue weighted by Gasteiger charge is 2.61. The molecular weight excluding hydrogens is 464 g/mol. The van der Waals surface area contributed by atoms with Gasteiger partial charge in [-0.05, 0) is 29.7 Å². The van der Waals surface area contributed by atoms with Crippen molar-refractivity contribution < 1.29 is 24.2 Å². The summed E-state index contributed by atoms with van der Waals surface area (Å²) in [5.74, 6) is -0.927. The number of amides is 2. The minimum atomic E-state index is -1.28. The number of alkyl halides is 1. The molecule has 0 spiro atoms. The van der Waals surface area contributed by atoms with Crippen LogP contribution in [0.4, 0.5) is 0 Å². The van der Waals surface area contributed by atoms with Gasteiger partial charge in [-0.15, -0.1) is 23.4 Å². The van der Waals surface area contributed by atoms with Crippen LogP contribution >= 0.6 is 23.4 Å². The van der Waals surface area contributed by atoms with Gasteiger partial charge >= 0.3 is 5.97 Å². The lowest BCUT2D eigenvalue weighted by Gasteiger charge is -2.56. The molecule has 0 aromatic heterocycles. The summed E-state index contributed by atoms with van der Waals surface area (Å²) in [7, 11) is 1.59. The molecule has 2 saturated heterocycles. The van der Waals surface area contributed by atoms with Crippen molar-refractivity contribution in [1.82, 2.24) is 10.2 Å². The number of carboxylic acids is 1. The molecule has 0 bridgehead atoms. The summed E-state index contributed by atoms with van der Waals surface area (Å²) in [5.41, 5.74) is 0.532. The van der Waals surface area contributed by atoms with Gasteiger partial charge in [0, 0.05) is 17.7 Å². The molecule has 2 heterocycles. The number of thioether (sulfide) groups is 1. The number of halogens is 1. The highest BCUT2D eigenvalue weighted by molar-refractivity contribution is 8.00. The Morgan fingerprint density at radius 3 is 2.48 bits per heavy atom. The van der Waals surface area contributed by atoms with Gasteiger partial charge in [-0.2, -0.15) is 0 Å². The van der Waals surface area contributed by atoms with E-state index in [1.165, 1.54) is 16.7 Å². The normalized spacial score (nSPS) is 26.2. The van der Waals surface area contributed by atoms with Crippen LogP contribution < -0.4 is 10.1 Å². The van der Waals surface area contributed by atoms with Gasteiger partial charge < -0.3 is 20.1 Å². The number of rotatable bonds is 8. The summed E-state index contributed by atoms with van der Waals surface area (Å²) in [6.07, 6.45) is 0.648. The highest BCUT2D eigenvalue weighted by atomic mass is 35.5. The Labute approximate surface area is 201 Å². The van der Waals surface area contributed by atoms with Crippen molar-refractivity contribution in [2.75, 3.05) is 19.5 Å². The monoisotopic (exact) mass is 488 g/mol. The predicted octanol–water partition coefficient (Wildman–Crippen LogP) is 2.56. The lowest BCUT2D eigenvalue weighted by atomic mass is 9.81. The third kappa shape index (κ3) is 4.54. The zero-order valence-electron chi connectivity index (χ0n) is 18.1. The van der Waals surface area contributed by atoms with Crippen LogP contribution in [0.15, 0.2) is 54.6 Å². The number of methoxy groups -OCH3 is 1. The zero-order chi connectivity index (χ0) is 23.6. The maximum absolute atomic E-state index is 12.8. The van der Waals surface area contributed by atoms with E-state index in [4.69, 9.17) is 16.3 Å². The van der Waals surface area contributed by atoms with Gasteiger partial charge in [-0.3, -0.25) is 14.4 Å². The molecule has 3 unspecified atom stereocenters. The number of nitrogens with zero attached hydrogens (tertiary/aromatic N) is 1. The molecule has 0 saturated carbocycles. The number of carbonyl (C=O) groups is 3. The van der Waals surface area contributed by atoms with E-state index in [0.29, 0.717) is 12.2 Å². The maximum Gasteiger partial charge on any atom is 0.313 e. The van der Waals surface area contributed by atoms with Gasteiger partial charge in [0.2, 0.25) is 11.8 Å². The van der Waals surface area contributed by atoms with Gasteiger partial charge in [-0.1, -0.05) is 42.5 Å². The number of hydrogen-bond acceptors (Lipinski definition) is 5. The van der Waals surface area contributed by atoms with Crippen LogP contribution in [0.5, 0.6) is 5.75 Å². The summed E-state index contributed by atoms with van der Waals surface area (Å²) >= 11 is 7.61. The molecule has 2 N–H and O–H groups in total. The molecule has 2 aliphatic heterocycles. The van der Waals surface area contributed by atoms with E-state index in [9.17, 15) is 19.5 Å². The van der Waals surface area contributed by atoms with E-state index >= 15 is 0 Å². The van der Waals surface area contributed by atoms with Gasteiger partial charge in [0.1, 0.15) is 22.6 Å². The average Bonchev–Trinajstić information content (AvgIpc) is 2.83. The molecule has 33 heavy (non-hydrogen) atoms. The number of carbonyl (C=O) groups excluding carboxylic acids is 2. The SMILES string of the molecule is COc1ccc(CC2S[C@@H]3C(NC(=O)Cc4ccccc4)C(=O)N3CC2(CCl)C(=O)O)cc1. The lowest BCUT2D eigenvalue weighted by molar-refractivity contribution is -0.159. The smallest absolute Gasteiger partial charge is 0.313 e. The predicted molar refractivity (Wildman–Crippen MR) is 126 cm³/mol. The Hall–Kier alpha value is -2.71. The molecule has 2 amide bonds. The molecule has 174 valence electrons.